The van der Waals surface area contributed by atoms with Crippen LogP contribution >= 0.6 is 0 Å². The van der Waals surface area contributed by atoms with Gasteiger partial charge in [0.15, 0.2) is 0 Å². The van der Waals surface area contributed by atoms with E-state index in [2.05, 4.69) is 13.1 Å². The molecule has 1 saturated carbocycles. The second-order valence-electron chi connectivity index (χ2n) is 5.53. The summed E-state index contributed by atoms with van der Waals surface area (Å²) < 4.78 is 0. The molecule has 0 radical (unpaired) electrons. The van der Waals surface area contributed by atoms with E-state index in [1.807, 2.05) is 0 Å². The van der Waals surface area contributed by atoms with Gasteiger partial charge in [0.25, 0.3) is 0 Å². The molecular weight excluding hydrogens is 206 g/mol. The summed E-state index contributed by atoms with van der Waals surface area (Å²) >= 11 is 0. The third kappa shape index (κ3) is 8.40. The van der Waals surface area contributed by atoms with E-state index in [0.29, 0.717) is 6.04 Å². The van der Waals surface area contributed by atoms with Crippen LogP contribution in [0.5, 0.6) is 0 Å². The number of hydrogen-bond acceptors (Lipinski definition) is 1. The van der Waals surface area contributed by atoms with Gasteiger partial charge in [-0.25, -0.2) is 0 Å². The van der Waals surface area contributed by atoms with Gasteiger partial charge in [0, 0.05) is 6.04 Å². The second-order valence-corrected chi connectivity index (χ2v) is 5.53. The Morgan fingerprint density at radius 3 is 2.24 bits per heavy atom. The zero-order valence-corrected chi connectivity index (χ0v) is 11.8. The fraction of sp³-hybridized carbons (Fsp3) is 0.938. The molecule has 0 atom stereocenters. The van der Waals surface area contributed by atoms with Crippen LogP contribution in [0.1, 0.15) is 90.4 Å². The third-order valence-electron chi connectivity index (χ3n) is 3.83. The topological polar surface area (TPSA) is 12.4 Å². The molecule has 1 nitrogen and oxygen atoms in total. The molecule has 0 spiro atoms. The molecule has 1 rings (SSSR count). The largest absolute Gasteiger partial charge is 0.294 e. The minimum Gasteiger partial charge on any atom is -0.294 e. The predicted octanol–water partition coefficient (Wildman–Crippen LogP) is 5.53. The van der Waals surface area contributed by atoms with Crippen LogP contribution < -0.4 is 0 Å². The first-order chi connectivity index (χ1) is 8.43. The van der Waals surface area contributed by atoms with E-state index in [0.717, 1.165) is 0 Å². The zero-order chi connectivity index (χ0) is 12.2. The van der Waals surface area contributed by atoms with E-state index in [1.165, 1.54) is 83.5 Å². The van der Waals surface area contributed by atoms with Crippen LogP contribution in [-0.4, -0.2) is 12.3 Å². The van der Waals surface area contributed by atoms with E-state index in [1.54, 1.807) is 0 Å². The summed E-state index contributed by atoms with van der Waals surface area (Å²) in [5.74, 6) is 0. The summed E-state index contributed by atoms with van der Waals surface area (Å²) in [6, 6.07) is 0.658. The lowest BCUT2D eigenvalue weighted by Crippen LogP contribution is -2.07. The van der Waals surface area contributed by atoms with E-state index < -0.39 is 0 Å². The first-order valence-electron chi connectivity index (χ1n) is 7.95. The second kappa shape index (κ2) is 10.8. The van der Waals surface area contributed by atoms with Gasteiger partial charge in [-0.2, -0.15) is 0 Å². The third-order valence-corrected chi connectivity index (χ3v) is 3.83. The lowest BCUT2D eigenvalue weighted by molar-refractivity contribution is 0.455. The Kier molecular flexibility index (Phi) is 9.36. The average molecular weight is 237 g/mol. The van der Waals surface area contributed by atoms with Crippen molar-refractivity contribution in [3.8, 4) is 0 Å². The Labute approximate surface area is 108 Å². The summed E-state index contributed by atoms with van der Waals surface area (Å²) in [7, 11) is 0. The van der Waals surface area contributed by atoms with Gasteiger partial charge in [-0.1, -0.05) is 64.7 Å². The van der Waals surface area contributed by atoms with E-state index >= 15 is 0 Å². The summed E-state index contributed by atoms with van der Waals surface area (Å²) in [5.41, 5.74) is 0. The smallest absolute Gasteiger partial charge is 0.0495 e. The highest BCUT2D eigenvalue weighted by molar-refractivity contribution is 5.57. The van der Waals surface area contributed by atoms with Gasteiger partial charge in [0.2, 0.25) is 0 Å². The Balaban J connectivity index is 2.01. The maximum absolute atomic E-state index is 4.78. The number of rotatable bonds is 7. The molecule has 0 saturated heterocycles. The predicted molar refractivity (Wildman–Crippen MR) is 78.0 cm³/mol. The highest BCUT2D eigenvalue weighted by atomic mass is 14.8. The lowest BCUT2D eigenvalue weighted by atomic mass is 9.97. The Hall–Kier alpha value is -0.330. The molecule has 1 aliphatic carbocycles. The quantitative estimate of drug-likeness (QED) is 0.408. The van der Waals surface area contributed by atoms with Crippen molar-refractivity contribution < 1.29 is 0 Å². The molecular formula is C16H31N. The Morgan fingerprint density at radius 2 is 1.53 bits per heavy atom. The van der Waals surface area contributed by atoms with Crippen molar-refractivity contribution in [3.05, 3.63) is 0 Å². The van der Waals surface area contributed by atoms with E-state index in [4.69, 9.17) is 4.99 Å². The summed E-state index contributed by atoms with van der Waals surface area (Å²) in [5, 5.41) is 0. The number of nitrogens with zero attached hydrogens (tertiary/aromatic N) is 1. The summed E-state index contributed by atoms with van der Waals surface area (Å²) in [6.45, 7) is 2.27. The minimum atomic E-state index is 0.658. The highest BCUT2D eigenvalue weighted by Gasteiger charge is 2.08. The van der Waals surface area contributed by atoms with Gasteiger partial charge in [-0.05, 0) is 31.9 Å². The van der Waals surface area contributed by atoms with Crippen molar-refractivity contribution in [1.29, 1.82) is 0 Å². The molecule has 17 heavy (non-hydrogen) atoms. The fourth-order valence-corrected chi connectivity index (χ4v) is 2.65. The molecule has 1 heteroatoms. The Bertz CT molecular complexity index is 178. The Morgan fingerprint density at radius 1 is 0.882 bits per heavy atom. The molecule has 1 fully saturated rings. The molecule has 0 aliphatic heterocycles. The van der Waals surface area contributed by atoms with Crippen molar-refractivity contribution in [3.63, 3.8) is 0 Å². The number of unbranched alkanes of at least 4 members (excludes halogenated alkanes) is 5. The molecule has 1 aliphatic rings. The van der Waals surface area contributed by atoms with Gasteiger partial charge >= 0.3 is 0 Å². The summed E-state index contributed by atoms with van der Waals surface area (Å²) in [6.07, 6.45) is 20.1. The molecule has 0 heterocycles. The van der Waals surface area contributed by atoms with Gasteiger partial charge in [-0.3, -0.25) is 4.99 Å². The van der Waals surface area contributed by atoms with Crippen LogP contribution in [0.25, 0.3) is 0 Å². The van der Waals surface area contributed by atoms with Crippen LogP contribution in [0.2, 0.25) is 0 Å². The SMILES string of the molecule is CCCCCCCC=NC1CCCCCCC1. The van der Waals surface area contributed by atoms with Gasteiger partial charge in [0.1, 0.15) is 0 Å². The van der Waals surface area contributed by atoms with Crippen molar-refractivity contribution >= 4 is 6.21 Å². The minimum absolute atomic E-state index is 0.658. The molecule has 0 aromatic carbocycles. The zero-order valence-electron chi connectivity index (χ0n) is 11.8. The number of hydrogen-bond donors (Lipinski definition) is 0. The first-order valence-corrected chi connectivity index (χ1v) is 7.95. The van der Waals surface area contributed by atoms with Crippen molar-refractivity contribution in [2.45, 2.75) is 96.4 Å². The average Bonchev–Trinajstić information content (AvgIpc) is 2.30. The lowest BCUT2D eigenvalue weighted by Gasteiger charge is -2.15. The van der Waals surface area contributed by atoms with Crippen LogP contribution in [0, 0.1) is 0 Å². The maximum Gasteiger partial charge on any atom is 0.0495 e. The monoisotopic (exact) mass is 237 g/mol. The van der Waals surface area contributed by atoms with Gasteiger partial charge in [-0.15, -0.1) is 0 Å². The molecule has 0 aromatic heterocycles. The molecule has 0 unspecified atom stereocenters. The van der Waals surface area contributed by atoms with Gasteiger partial charge < -0.3 is 0 Å². The number of aliphatic imine (C=N–C) groups is 1. The fourth-order valence-electron chi connectivity index (χ4n) is 2.65. The first kappa shape index (κ1) is 14.7. The van der Waals surface area contributed by atoms with E-state index in [9.17, 15) is 0 Å². The molecule has 0 aromatic rings. The van der Waals surface area contributed by atoms with Crippen LogP contribution in [-0.2, 0) is 0 Å². The van der Waals surface area contributed by atoms with Gasteiger partial charge in [0.05, 0.1) is 0 Å². The van der Waals surface area contributed by atoms with Crippen molar-refractivity contribution in [2.75, 3.05) is 0 Å². The van der Waals surface area contributed by atoms with Crippen LogP contribution in [0.3, 0.4) is 0 Å². The molecule has 0 N–H and O–H groups in total. The highest BCUT2D eigenvalue weighted by Crippen LogP contribution is 2.19. The van der Waals surface area contributed by atoms with E-state index in [-0.39, 0.29) is 0 Å². The standard InChI is InChI=1S/C16H31N/c1-2-3-4-5-9-12-15-17-16-13-10-7-6-8-11-14-16/h15-16H,2-14H2,1H3. The molecule has 0 amide bonds. The van der Waals surface area contributed by atoms with Crippen LogP contribution in [0.4, 0.5) is 0 Å². The normalized spacial score (nSPS) is 19.4. The van der Waals surface area contributed by atoms with Crippen molar-refractivity contribution in [1.82, 2.24) is 0 Å². The maximum atomic E-state index is 4.78. The summed E-state index contributed by atoms with van der Waals surface area (Å²) in [4.78, 5) is 4.78. The van der Waals surface area contributed by atoms with Crippen molar-refractivity contribution in [2.24, 2.45) is 4.99 Å². The van der Waals surface area contributed by atoms with Crippen LogP contribution in [0.15, 0.2) is 4.99 Å². The molecule has 100 valence electrons. The molecule has 0 bridgehead atoms.